The number of rotatable bonds is 4. The Morgan fingerprint density at radius 2 is 1.97 bits per heavy atom. The second-order valence-electron chi connectivity index (χ2n) is 8.72. The number of hydrogen-bond donors (Lipinski definition) is 3. The van der Waals surface area contributed by atoms with E-state index in [2.05, 4.69) is 5.32 Å². The third-order valence-electron chi connectivity index (χ3n) is 6.95. The van der Waals surface area contributed by atoms with E-state index in [1.54, 1.807) is 23.6 Å². The Balaban J connectivity index is 1.60. The number of nitrogens with zero attached hydrogens (tertiary/aromatic N) is 2. The van der Waals surface area contributed by atoms with E-state index >= 15 is 0 Å². The number of nitrogens with one attached hydrogen (secondary N) is 1. The number of aromatic nitrogens is 2. The Kier molecular flexibility index (Phi) is 4.63. The maximum absolute atomic E-state index is 13.5. The second kappa shape index (κ2) is 7.52. The second-order valence-corrected chi connectivity index (χ2v) is 8.72. The monoisotopic (exact) mass is 478 g/mol. The molecule has 11 nitrogen and oxygen atoms in total. The van der Waals surface area contributed by atoms with Gasteiger partial charge in [0.2, 0.25) is 12.7 Å². The molecule has 2 aromatic heterocycles. The summed E-state index contributed by atoms with van der Waals surface area (Å²) in [6.45, 7) is 1.76. The summed E-state index contributed by atoms with van der Waals surface area (Å²) < 4.78 is 17.7. The highest BCUT2D eigenvalue weighted by Crippen LogP contribution is 2.43. The summed E-state index contributed by atoms with van der Waals surface area (Å²) in [6, 6.07) is 5.22. The van der Waals surface area contributed by atoms with Crippen LogP contribution in [0.4, 0.5) is 0 Å². The van der Waals surface area contributed by atoms with Gasteiger partial charge in [-0.1, -0.05) is 6.92 Å². The maximum atomic E-state index is 13.5. The van der Waals surface area contributed by atoms with E-state index in [0.717, 1.165) is 16.5 Å². The van der Waals surface area contributed by atoms with E-state index in [1.165, 1.54) is 0 Å². The molecule has 3 aliphatic rings. The molecule has 5 heterocycles. The molecule has 35 heavy (non-hydrogen) atoms. The molecule has 1 amide bonds. The third kappa shape index (κ3) is 2.98. The van der Waals surface area contributed by atoms with Crippen molar-refractivity contribution >= 4 is 22.8 Å². The molecule has 0 bridgehead atoms. The number of carbonyl (C=O) groups excluding carboxylic acids is 2. The van der Waals surface area contributed by atoms with Crippen LogP contribution >= 0.6 is 0 Å². The molecule has 6 rings (SSSR count). The lowest BCUT2D eigenvalue weighted by atomic mass is 9.86. The van der Waals surface area contributed by atoms with Crippen molar-refractivity contribution in [2.24, 2.45) is 5.73 Å². The molecule has 0 fully saturated rings. The minimum absolute atomic E-state index is 0.0551. The van der Waals surface area contributed by atoms with Crippen molar-refractivity contribution in [3.63, 3.8) is 0 Å². The first-order chi connectivity index (χ1) is 16.9. The summed E-state index contributed by atoms with van der Waals surface area (Å²) in [5.74, 6) is 0.0130. The Morgan fingerprint density at radius 1 is 1.20 bits per heavy atom. The van der Waals surface area contributed by atoms with Gasteiger partial charge in [0, 0.05) is 29.1 Å². The van der Waals surface area contributed by atoms with Gasteiger partial charge in [-0.2, -0.15) is 0 Å². The van der Waals surface area contributed by atoms with Gasteiger partial charge in [-0.15, -0.1) is 0 Å². The highest BCUT2D eigenvalue weighted by atomic mass is 16.7. The standard InChI is InChI=1S/C24H22N4O7/c1-2-24(32)15-4-17-21-13(8-28(17)22(30)14(15)9-33-23(24)31)12(7-26-20(29)6-25)11-3-18-19(35-10-34-18)5-16(11)27-21/h3-5,32H,2,6-10,25H2,1H3,(H,26,29)/t24-/m0/s1. The predicted molar refractivity (Wildman–Crippen MR) is 122 cm³/mol. The van der Waals surface area contributed by atoms with Crippen molar-refractivity contribution in [3.05, 3.63) is 50.8 Å². The van der Waals surface area contributed by atoms with E-state index in [1.807, 2.05) is 6.07 Å². The largest absolute Gasteiger partial charge is 0.458 e. The topological polar surface area (TPSA) is 155 Å². The number of fused-ring (bicyclic) bond motifs is 6. The van der Waals surface area contributed by atoms with Gasteiger partial charge in [-0.05, 0) is 24.1 Å². The number of benzene rings is 1. The van der Waals surface area contributed by atoms with Gasteiger partial charge in [-0.3, -0.25) is 9.59 Å². The number of nitrogens with two attached hydrogens (primary N) is 1. The fraction of sp³-hybridized carbons (Fsp3) is 0.333. The van der Waals surface area contributed by atoms with E-state index in [0.29, 0.717) is 28.4 Å². The molecular formula is C24H22N4O7. The first kappa shape index (κ1) is 21.6. The van der Waals surface area contributed by atoms with Crippen LogP contribution in [0.25, 0.3) is 22.3 Å². The zero-order valence-corrected chi connectivity index (χ0v) is 18.8. The molecule has 4 N–H and O–H groups in total. The van der Waals surface area contributed by atoms with E-state index in [-0.39, 0.29) is 62.0 Å². The van der Waals surface area contributed by atoms with Crippen LogP contribution in [0.2, 0.25) is 0 Å². The van der Waals surface area contributed by atoms with Crippen molar-refractivity contribution in [2.75, 3.05) is 13.3 Å². The van der Waals surface area contributed by atoms with Crippen molar-refractivity contribution < 1.29 is 28.9 Å². The lowest BCUT2D eigenvalue weighted by molar-refractivity contribution is -0.172. The number of cyclic esters (lactones) is 1. The normalized spacial score (nSPS) is 19.2. The number of esters is 1. The number of carbonyl (C=O) groups is 2. The van der Waals surface area contributed by atoms with Crippen LogP contribution in [0.3, 0.4) is 0 Å². The van der Waals surface area contributed by atoms with Crippen molar-refractivity contribution in [1.29, 1.82) is 0 Å². The summed E-state index contributed by atoms with van der Waals surface area (Å²) in [4.78, 5) is 42.7. The number of hydrogen-bond acceptors (Lipinski definition) is 9. The van der Waals surface area contributed by atoms with Crippen LogP contribution in [-0.2, 0) is 39.6 Å². The molecule has 3 aromatic rings. The Morgan fingerprint density at radius 3 is 2.71 bits per heavy atom. The summed E-state index contributed by atoms with van der Waals surface area (Å²) in [5.41, 5.74) is 6.82. The van der Waals surface area contributed by atoms with Crippen molar-refractivity contribution in [2.45, 2.75) is 38.6 Å². The quantitative estimate of drug-likeness (QED) is 0.353. The van der Waals surface area contributed by atoms with E-state index in [4.69, 9.17) is 24.9 Å². The molecule has 0 unspecified atom stereocenters. The van der Waals surface area contributed by atoms with Gasteiger partial charge in [0.1, 0.15) is 6.61 Å². The van der Waals surface area contributed by atoms with Crippen LogP contribution in [0, 0.1) is 0 Å². The number of pyridine rings is 2. The van der Waals surface area contributed by atoms with E-state index in [9.17, 15) is 19.5 Å². The third-order valence-corrected chi connectivity index (χ3v) is 6.95. The van der Waals surface area contributed by atoms with Gasteiger partial charge in [-0.25, -0.2) is 9.78 Å². The molecule has 3 aliphatic heterocycles. The minimum atomic E-state index is -1.91. The zero-order chi connectivity index (χ0) is 24.5. The fourth-order valence-corrected chi connectivity index (χ4v) is 5.01. The van der Waals surface area contributed by atoms with E-state index < -0.39 is 11.6 Å². The summed E-state index contributed by atoms with van der Waals surface area (Å²) in [6.07, 6.45) is 0.0551. The number of amides is 1. The van der Waals surface area contributed by atoms with Gasteiger partial charge in [0.25, 0.3) is 5.56 Å². The number of aliphatic hydroxyl groups is 1. The van der Waals surface area contributed by atoms with Crippen LogP contribution in [0.5, 0.6) is 11.5 Å². The fourth-order valence-electron chi connectivity index (χ4n) is 5.01. The smallest absolute Gasteiger partial charge is 0.343 e. The van der Waals surface area contributed by atoms with Crippen molar-refractivity contribution in [1.82, 2.24) is 14.9 Å². The summed E-state index contributed by atoms with van der Waals surface area (Å²) in [5, 5.41) is 14.6. The molecule has 180 valence electrons. The maximum Gasteiger partial charge on any atom is 0.343 e. The SMILES string of the molecule is CC[C@@]1(O)C(=O)OCc2c1cc1n(c2=O)Cc2c-1nc1cc3c(cc1c2CNC(=O)CN)OCO3. The molecule has 1 atom stereocenters. The van der Waals surface area contributed by atoms with Gasteiger partial charge >= 0.3 is 5.97 Å². The van der Waals surface area contributed by atoms with Crippen LogP contribution in [-0.4, -0.2) is 39.9 Å². The lowest BCUT2D eigenvalue weighted by Crippen LogP contribution is -2.44. The Hall–Kier alpha value is -3.96. The average molecular weight is 478 g/mol. The molecule has 1 aromatic carbocycles. The zero-order valence-electron chi connectivity index (χ0n) is 18.8. The predicted octanol–water partition coefficient (Wildman–Crippen LogP) is 0.383. The number of ether oxygens (including phenoxy) is 3. The van der Waals surface area contributed by atoms with Crippen LogP contribution in [0.15, 0.2) is 23.0 Å². The van der Waals surface area contributed by atoms with Gasteiger partial charge < -0.3 is 34.9 Å². The molecule has 0 radical (unpaired) electrons. The van der Waals surface area contributed by atoms with Crippen LogP contribution < -0.4 is 26.1 Å². The highest BCUT2D eigenvalue weighted by molar-refractivity contribution is 5.91. The molecule has 0 aliphatic carbocycles. The molecule has 11 heteroatoms. The van der Waals surface area contributed by atoms with Gasteiger partial charge in [0.15, 0.2) is 17.1 Å². The first-order valence-electron chi connectivity index (χ1n) is 11.2. The van der Waals surface area contributed by atoms with Gasteiger partial charge in [0.05, 0.1) is 35.6 Å². The highest BCUT2D eigenvalue weighted by Gasteiger charge is 2.45. The molecule has 0 saturated heterocycles. The Labute approximate surface area is 198 Å². The van der Waals surface area contributed by atoms with Crippen LogP contribution in [0.1, 0.15) is 35.6 Å². The summed E-state index contributed by atoms with van der Waals surface area (Å²) >= 11 is 0. The summed E-state index contributed by atoms with van der Waals surface area (Å²) in [7, 11) is 0. The molecule has 0 spiro atoms. The van der Waals surface area contributed by atoms with Crippen molar-refractivity contribution in [3.8, 4) is 22.9 Å². The Bertz CT molecular complexity index is 1510. The molecular weight excluding hydrogens is 456 g/mol. The lowest BCUT2D eigenvalue weighted by Gasteiger charge is -2.31. The minimum Gasteiger partial charge on any atom is -0.458 e. The first-order valence-corrected chi connectivity index (χ1v) is 11.2. The average Bonchev–Trinajstić information content (AvgIpc) is 3.47. The molecule has 0 saturated carbocycles.